The van der Waals surface area contributed by atoms with Gasteiger partial charge in [0.15, 0.2) is 0 Å². The van der Waals surface area contributed by atoms with Gasteiger partial charge < -0.3 is 4.90 Å². The van der Waals surface area contributed by atoms with Crippen LogP contribution in [0.4, 0.5) is 0 Å². The monoisotopic (exact) mass is 352 g/mol. The molecule has 0 saturated carbocycles. The maximum absolute atomic E-state index is 13.1. The lowest BCUT2D eigenvalue weighted by Crippen LogP contribution is -2.39. The third kappa shape index (κ3) is 3.40. The molecule has 1 aromatic heterocycles. The van der Waals surface area contributed by atoms with Gasteiger partial charge in [-0.1, -0.05) is 30.3 Å². The highest BCUT2D eigenvalue weighted by Gasteiger charge is 2.47. The molecule has 0 radical (unpaired) electrons. The zero-order valence-corrected chi connectivity index (χ0v) is 15.5. The summed E-state index contributed by atoms with van der Waals surface area (Å²) in [4.78, 5) is 17.7. The first kappa shape index (κ1) is 17.3. The molecule has 0 unspecified atom stereocenters. The van der Waals surface area contributed by atoms with Gasteiger partial charge in [-0.15, -0.1) is 0 Å². The van der Waals surface area contributed by atoms with Crippen LogP contribution in [-0.2, 0) is 11.3 Å². The highest BCUT2D eigenvalue weighted by Crippen LogP contribution is 2.45. The lowest BCUT2D eigenvalue weighted by Gasteiger charge is -2.26. The topological polar surface area (TPSA) is 41.4 Å². The number of amides is 1. The number of hydrogen-bond donors (Lipinski definition) is 0. The summed E-state index contributed by atoms with van der Waals surface area (Å²) in [5, 5.41) is 4.23. The molecule has 3 atom stereocenters. The largest absolute Gasteiger partial charge is 0.345 e. The summed E-state index contributed by atoms with van der Waals surface area (Å²) in [6.45, 7) is 2.77. The minimum atomic E-state index is 0.136. The predicted octanol–water partition coefficient (Wildman–Crippen LogP) is 2.96. The maximum Gasteiger partial charge on any atom is 0.227 e. The van der Waals surface area contributed by atoms with E-state index in [1.54, 1.807) is 6.20 Å². The molecule has 2 fully saturated rings. The Bertz CT molecular complexity index is 715. The zero-order chi connectivity index (χ0) is 17.9. The van der Waals surface area contributed by atoms with E-state index in [2.05, 4.69) is 40.3 Å². The van der Waals surface area contributed by atoms with E-state index < -0.39 is 0 Å². The van der Waals surface area contributed by atoms with Gasteiger partial charge in [0.1, 0.15) is 0 Å². The minimum absolute atomic E-state index is 0.136. The van der Waals surface area contributed by atoms with Crippen LogP contribution in [0.1, 0.15) is 37.3 Å². The van der Waals surface area contributed by atoms with Gasteiger partial charge in [0, 0.05) is 44.6 Å². The molecule has 2 aliphatic heterocycles. The smallest absolute Gasteiger partial charge is 0.227 e. The average Bonchev–Trinajstić information content (AvgIpc) is 3.39. The number of fused-ring (bicyclic) bond motifs is 1. The molecule has 0 N–H and O–H groups in total. The summed E-state index contributed by atoms with van der Waals surface area (Å²) < 4.78 is 1.93. The maximum atomic E-state index is 13.1. The fraction of sp³-hybridized carbons (Fsp3) is 0.524. The standard InChI is InChI=1S/C21H28N4O/c1-23(12-7-14-24-13-6-11-22-24)21(26)18-16-20(17-8-3-2-4-9-17)25-15-5-10-19(18)25/h2-4,6,8-9,11,13,18-20H,5,7,10,12,14-16H2,1H3/t18-,19+,20-/m1/s1. The van der Waals surface area contributed by atoms with Crippen LogP contribution in [0, 0.1) is 5.92 Å². The normalized spacial score (nSPS) is 25.3. The Balaban J connectivity index is 1.39. The lowest BCUT2D eigenvalue weighted by molar-refractivity contribution is -0.134. The van der Waals surface area contributed by atoms with E-state index in [0.717, 1.165) is 38.9 Å². The number of hydrogen-bond acceptors (Lipinski definition) is 3. The van der Waals surface area contributed by atoms with Gasteiger partial charge >= 0.3 is 0 Å². The molecule has 5 heteroatoms. The van der Waals surface area contributed by atoms with Crippen LogP contribution in [0.5, 0.6) is 0 Å². The molecule has 4 rings (SSSR count). The van der Waals surface area contributed by atoms with Crippen molar-refractivity contribution in [2.24, 2.45) is 5.92 Å². The van der Waals surface area contributed by atoms with Gasteiger partial charge in [-0.2, -0.15) is 5.10 Å². The number of rotatable bonds is 6. The van der Waals surface area contributed by atoms with E-state index in [0.29, 0.717) is 18.0 Å². The molecule has 0 bridgehead atoms. The van der Waals surface area contributed by atoms with Crippen molar-refractivity contribution in [1.29, 1.82) is 0 Å². The van der Waals surface area contributed by atoms with Crippen LogP contribution in [0.25, 0.3) is 0 Å². The number of carbonyl (C=O) groups is 1. The summed E-state index contributed by atoms with van der Waals surface area (Å²) in [7, 11) is 1.96. The van der Waals surface area contributed by atoms with Crippen molar-refractivity contribution in [3.63, 3.8) is 0 Å². The predicted molar refractivity (Wildman–Crippen MR) is 101 cm³/mol. The molecule has 138 valence electrons. The van der Waals surface area contributed by atoms with Gasteiger partial charge in [-0.25, -0.2) is 0 Å². The first-order valence-electron chi connectivity index (χ1n) is 9.77. The van der Waals surface area contributed by atoms with Crippen LogP contribution in [0.2, 0.25) is 0 Å². The van der Waals surface area contributed by atoms with Crippen LogP contribution >= 0.6 is 0 Å². The fourth-order valence-electron chi connectivity index (χ4n) is 4.73. The second kappa shape index (κ2) is 7.62. The summed E-state index contributed by atoms with van der Waals surface area (Å²) in [5.41, 5.74) is 1.36. The molecule has 0 spiro atoms. The molecule has 0 aliphatic carbocycles. The molecule has 1 amide bonds. The van der Waals surface area contributed by atoms with E-state index >= 15 is 0 Å². The Morgan fingerprint density at radius 3 is 2.88 bits per heavy atom. The van der Waals surface area contributed by atoms with Crippen molar-refractivity contribution >= 4 is 5.91 Å². The number of carbonyl (C=O) groups excluding carboxylic acids is 1. The Hall–Kier alpha value is -2.14. The Kier molecular flexibility index (Phi) is 5.07. The second-order valence-electron chi connectivity index (χ2n) is 7.60. The summed E-state index contributed by atoms with van der Waals surface area (Å²) in [6.07, 6.45) is 8.03. The molecule has 2 aliphatic rings. The summed E-state index contributed by atoms with van der Waals surface area (Å²) in [6, 6.07) is 13.5. The fourth-order valence-corrected chi connectivity index (χ4v) is 4.73. The molecule has 2 aromatic rings. The first-order chi connectivity index (χ1) is 12.7. The molecular formula is C21H28N4O. The molecular weight excluding hydrogens is 324 g/mol. The lowest BCUT2D eigenvalue weighted by atomic mass is 9.93. The minimum Gasteiger partial charge on any atom is -0.345 e. The van der Waals surface area contributed by atoms with E-state index in [-0.39, 0.29) is 5.92 Å². The van der Waals surface area contributed by atoms with Crippen molar-refractivity contribution in [2.45, 2.75) is 44.3 Å². The van der Waals surface area contributed by atoms with E-state index in [1.165, 1.54) is 12.0 Å². The van der Waals surface area contributed by atoms with Gasteiger partial charge in [0.25, 0.3) is 0 Å². The van der Waals surface area contributed by atoms with Crippen LogP contribution in [0.3, 0.4) is 0 Å². The van der Waals surface area contributed by atoms with Crippen molar-refractivity contribution < 1.29 is 4.79 Å². The number of benzene rings is 1. The van der Waals surface area contributed by atoms with Gasteiger partial charge in [0.2, 0.25) is 5.91 Å². The average molecular weight is 352 g/mol. The summed E-state index contributed by atoms with van der Waals surface area (Å²) in [5.74, 6) is 0.457. The number of aromatic nitrogens is 2. The van der Waals surface area contributed by atoms with E-state index in [1.807, 2.05) is 28.9 Å². The molecule has 5 nitrogen and oxygen atoms in total. The van der Waals surface area contributed by atoms with Crippen LogP contribution < -0.4 is 0 Å². The van der Waals surface area contributed by atoms with E-state index in [9.17, 15) is 4.79 Å². The Morgan fingerprint density at radius 2 is 2.12 bits per heavy atom. The Labute approximate surface area is 155 Å². The highest BCUT2D eigenvalue weighted by atomic mass is 16.2. The highest BCUT2D eigenvalue weighted by molar-refractivity contribution is 5.80. The second-order valence-corrected chi connectivity index (χ2v) is 7.60. The molecule has 3 heterocycles. The van der Waals surface area contributed by atoms with Crippen molar-refractivity contribution in [3.05, 3.63) is 54.4 Å². The Morgan fingerprint density at radius 1 is 1.27 bits per heavy atom. The van der Waals surface area contributed by atoms with E-state index in [4.69, 9.17) is 0 Å². The molecule has 1 aromatic carbocycles. The van der Waals surface area contributed by atoms with Crippen LogP contribution in [-0.4, -0.2) is 51.7 Å². The van der Waals surface area contributed by atoms with Crippen molar-refractivity contribution in [2.75, 3.05) is 20.1 Å². The van der Waals surface area contributed by atoms with Gasteiger partial charge in [-0.05, 0) is 43.9 Å². The zero-order valence-electron chi connectivity index (χ0n) is 15.5. The van der Waals surface area contributed by atoms with Crippen molar-refractivity contribution in [3.8, 4) is 0 Å². The third-order valence-electron chi connectivity index (χ3n) is 6.00. The molecule has 26 heavy (non-hydrogen) atoms. The van der Waals surface area contributed by atoms with Gasteiger partial charge in [-0.3, -0.25) is 14.4 Å². The van der Waals surface area contributed by atoms with Crippen molar-refractivity contribution in [1.82, 2.24) is 19.6 Å². The number of aryl methyl sites for hydroxylation is 1. The number of nitrogens with zero attached hydrogens (tertiary/aromatic N) is 4. The van der Waals surface area contributed by atoms with Crippen LogP contribution in [0.15, 0.2) is 48.8 Å². The third-order valence-corrected chi connectivity index (χ3v) is 6.00. The van der Waals surface area contributed by atoms with Gasteiger partial charge in [0.05, 0.1) is 5.92 Å². The first-order valence-corrected chi connectivity index (χ1v) is 9.77. The summed E-state index contributed by atoms with van der Waals surface area (Å²) >= 11 is 0. The molecule has 2 saturated heterocycles. The SMILES string of the molecule is CN(CCCn1cccn1)C(=O)[C@@H]1C[C@H](c2ccccc2)N2CCC[C@@H]12. The quantitative estimate of drug-likeness (QED) is 0.803.